The molecule has 146 valence electrons. The van der Waals surface area contributed by atoms with E-state index in [1.807, 2.05) is 30.5 Å². The van der Waals surface area contributed by atoms with Gasteiger partial charge in [0.1, 0.15) is 5.82 Å². The van der Waals surface area contributed by atoms with Crippen molar-refractivity contribution >= 4 is 17.4 Å². The third-order valence-electron chi connectivity index (χ3n) is 5.82. The molecular weight excluding hydrogens is 352 g/mol. The summed E-state index contributed by atoms with van der Waals surface area (Å²) < 4.78 is 1.96. The van der Waals surface area contributed by atoms with Crippen LogP contribution in [0.2, 0.25) is 0 Å². The maximum Gasteiger partial charge on any atom is 0.225 e. The molecule has 5 heterocycles. The number of hydrogen-bond acceptors (Lipinski definition) is 7. The summed E-state index contributed by atoms with van der Waals surface area (Å²) in [6.07, 6.45) is 4.50. The molecule has 2 saturated heterocycles. The second-order valence-electron chi connectivity index (χ2n) is 7.93. The number of anilines is 2. The number of rotatable bonds is 3. The lowest BCUT2D eigenvalue weighted by Crippen LogP contribution is -2.35. The van der Waals surface area contributed by atoms with E-state index in [9.17, 15) is 0 Å². The fourth-order valence-corrected chi connectivity index (χ4v) is 4.35. The first-order valence-electron chi connectivity index (χ1n) is 10.2. The molecule has 0 N–H and O–H groups in total. The van der Waals surface area contributed by atoms with Crippen molar-refractivity contribution in [3.05, 3.63) is 35.4 Å². The Balaban J connectivity index is 1.36. The summed E-state index contributed by atoms with van der Waals surface area (Å²) in [5.74, 6) is 3.22. The average Bonchev–Trinajstić information content (AvgIpc) is 3.37. The van der Waals surface area contributed by atoms with Crippen LogP contribution in [0.3, 0.4) is 0 Å². The van der Waals surface area contributed by atoms with Crippen LogP contribution in [0.25, 0.3) is 5.65 Å². The molecule has 3 aromatic heterocycles. The van der Waals surface area contributed by atoms with Crippen molar-refractivity contribution in [1.29, 1.82) is 0 Å². The lowest BCUT2D eigenvalue weighted by molar-refractivity contribution is 0.472. The number of aryl methyl sites for hydroxylation is 2. The van der Waals surface area contributed by atoms with E-state index in [2.05, 4.69) is 36.0 Å². The summed E-state index contributed by atoms with van der Waals surface area (Å²) in [6.45, 7) is 8.07. The van der Waals surface area contributed by atoms with Gasteiger partial charge in [-0.3, -0.25) is 0 Å². The SMILES string of the molecule is Cc1cc(C)nc(N2CCC(c3nnc4ccc(N5CCCC5)nn34)CC2)n1. The summed E-state index contributed by atoms with van der Waals surface area (Å²) in [4.78, 5) is 13.9. The monoisotopic (exact) mass is 378 g/mol. The van der Waals surface area contributed by atoms with Crippen LogP contribution in [0, 0.1) is 13.8 Å². The fourth-order valence-electron chi connectivity index (χ4n) is 4.35. The Bertz CT molecular complexity index is 963. The first-order chi connectivity index (χ1) is 13.7. The molecule has 0 radical (unpaired) electrons. The van der Waals surface area contributed by atoms with E-state index in [4.69, 9.17) is 5.10 Å². The number of aromatic nitrogens is 6. The van der Waals surface area contributed by atoms with Crippen LogP contribution < -0.4 is 9.80 Å². The molecule has 0 bridgehead atoms. The highest BCUT2D eigenvalue weighted by Crippen LogP contribution is 2.29. The Kier molecular flexibility index (Phi) is 4.33. The molecule has 8 heteroatoms. The van der Waals surface area contributed by atoms with Gasteiger partial charge in [0, 0.05) is 43.5 Å². The molecule has 8 nitrogen and oxygen atoms in total. The molecule has 0 spiro atoms. The van der Waals surface area contributed by atoms with Crippen LogP contribution in [0.15, 0.2) is 18.2 Å². The Morgan fingerprint density at radius 3 is 2.29 bits per heavy atom. The van der Waals surface area contributed by atoms with Crippen LogP contribution >= 0.6 is 0 Å². The lowest BCUT2D eigenvalue weighted by Gasteiger charge is -2.31. The number of fused-ring (bicyclic) bond motifs is 1. The Morgan fingerprint density at radius 1 is 0.857 bits per heavy atom. The number of hydrogen-bond donors (Lipinski definition) is 0. The minimum Gasteiger partial charge on any atom is -0.355 e. The zero-order valence-electron chi connectivity index (χ0n) is 16.5. The summed E-state index contributed by atoms with van der Waals surface area (Å²) in [6, 6.07) is 6.12. The minimum absolute atomic E-state index is 0.360. The topological polar surface area (TPSA) is 75.3 Å². The first kappa shape index (κ1) is 17.3. The van der Waals surface area contributed by atoms with Crippen molar-refractivity contribution in [3.63, 3.8) is 0 Å². The van der Waals surface area contributed by atoms with Gasteiger partial charge >= 0.3 is 0 Å². The van der Waals surface area contributed by atoms with Crippen molar-refractivity contribution < 1.29 is 0 Å². The van der Waals surface area contributed by atoms with Gasteiger partial charge in [-0.2, -0.15) is 4.52 Å². The van der Waals surface area contributed by atoms with Gasteiger partial charge in [0.25, 0.3) is 0 Å². The van der Waals surface area contributed by atoms with Crippen molar-refractivity contribution in [2.75, 3.05) is 36.0 Å². The van der Waals surface area contributed by atoms with Gasteiger partial charge in [0.05, 0.1) is 0 Å². The van der Waals surface area contributed by atoms with Gasteiger partial charge in [0.15, 0.2) is 11.5 Å². The summed E-state index contributed by atoms with van der Waals surface area (Å²) in [7, 11) is 0. The van der Waals surface area contributed by atoms with Crippen molar-refractivity contribution in [1.82, 2.24) is 29.8 Å². The predicted octanol–water partition coefficient (Wildman–Crippen LogP) is 2.52. The molecule has 3 aromatic rings. The fraction of sp³-hybridized carbons (Fsp3) is 0.550. The highest BCUT2D eigenvalue weighted by molar-refractivity contribution is 5.46. The minimum atomic E-state index is 0.360. The molecule has 2 aliphatic rings. The summed E-state index contributed by atoms with van der Waals surface area (Å²) in [5, 5.41) is 13.7. The summed E-state index contributed by atoms with van der Waals surface area (Å²) in [5.41, 5.74) is 2.87. The molecule has 2 fully saturated rings. The van der Waals surface area contributed by atoms with Crippen LogP contribution in [0.5, 0.6) is 0 Å². The van der Waals surface area contributed by atoms with E-state index < -0.39 is 0 Å². The van der Waals surface area contributed by atoms with Crippen molar-refractivity contribution in [2.24, 2.45) is 0 Å². The zero-order chi connectivity index (χ0) is 19.1. The van der Waals surface area contributed by atoms with E-state index in [0.717, 1.165) is 73.6 Å². The van der Waals surface area contributed by atoms with Crippen LogP contribution in [0.1, 0.15) is 48.8 Å². The Hall–Kier alpha value is -2.77. The Morgan fingerprint density at radius 2 is 1.57 bits per heavy atom. The molecule has 0 amide bonds. The van der Waals surface area contributed by atoms with E-state index in [1.165, 1.54) is 12.8 Å². The van der Waals surface area contributed by atoms with Gasteiger partial charge in [-0.1, -0.05) is 0 Å². The van der Waals surface area contributed by atoms with E-state index in [0.29, 0.717) is 5.92 Å². The van der Waals surface area contributed by atoms with Gasteiger partial charge in [-0.25, -0.2) is 9.97 Å². The second-order valence-corrected chi connectivity index (χ2v) is 7.93. The maximum absolute atomic E-state index is 4.87. The molecule has 0 aliphatic carbocycles. The second kappa shape index (κ2) is 7.00. The molecule has 0 aromatic carbocycles. The molecule has 0 unspecified atom stereocenters. The molecule has 5 rings (SSSR count). The van der Waals surface area contributed by atoms with Crippen LogP contribution in [-0.2, 0) is 0 Å². The first-order valence-corrected chi connectivity index (χ1v) is 10.2. The number of nitrogens with zero attached hydrogens (tertiary/aromatic N) is 8. The van der Waals surface area contributed by atoms with Crippen molar-refractivity contribution in [3.8, 4) is 0 Å². The highest BCUT2D eigenvalue weighted by Gasteiger charge is 2.27. The molecule has 2 aliphatic heterocycles. The third-order valence-corrected chi connectivity index (χ3v) is 5.82. The maximum atomic E-state index is 4.87. The summed E-state index contributed by atoms with van der Waals surface area (Å²) >= 11 is 0. The molecule has 0 atom stereocenters. The lowest BCUT2D eigenvalue weighted by atomic mass is 9.96. The standard InChI is InChI=1S/C20H26N8/c1-14-13-15(2)22-20(21-14)27-11-7-16(8-12-27)19-24-23-17-5-6-18(25-28(17)19)26-9-3-4-10-26/h5-6,13,16H,3-4,7-12H2,1-2H3. The molecule has 0 saturated carbocycles. The van der Waals surface area contributed by atoms with E-state index in [-0.39, 0.29) is 0 Å². The van der Waals surface area contributed by atoms with Gasteiger partial charge < -0.3 is 9.80 Å². The quantitative estimate of drug-likeness (QED) is 0.693. The van der Waals surface area contributed by atoms with Crippen molar-refractivity contribution in [2.45, 2.75) is 45.4 Å². The third kappa shape index (κ3) is 3.16. The van der Waals surface area contributed by atoms with Gasteiger partial charge in [0.2, 0.25) is 5.95 Å². The predicted molar refractivity (Wildman–Crippen MR) is 108 cm³/mol. The van der Waals surface area contributed by atoms with E-state index in [1.54, 1.807) is 0 Å². The molecule has 28 heavy (non-hydrogen) atoms. The van der Waals surface area contributed by atoms with Crippen LogP contribution in [-0.4, -0.2) is 56.0 Å². The van der Waals surface area contributed by atoms with Gasteiger partial charge in [-0.15, -0.1) is 15.3 Å². The average molecular weight is 378 g/mol. The zero-order valence-corrected chi connectivity index (χ0v) is 16.5. The van der Waals surface area contributed by atoms with Gasteiger partial charge in [-0.05, 0) is 57.7 Å². The Labute approximate surface area is 164 Å². The normalized spacial score (nSPS) is 18.4. The smallest absolute Gasteiger partial charge is 0.225 e. The van der Waals surface area contributed by atoms with Crippen LogP contribution in [0.4, 0.5) is 11.8 Å². The van der Waals surface area contributed by atoms with E-state index >= 15 is 0 Å². The molecular formula is C20H26N8. The number of piperidine rings is 1. The highest BCUT2D eigenvalue weighted by atomic mass is 15.4. The largest absolute Gasteiger partial charge is 0.355 e.